The van der Waals surface area contributed by atoms with Gasteiger partial charge in [-0.25, -0.2) is 9.69 Å². The first-order valence-electron chi connectivity index (χ1n) is 6.31. The van der Waals surface area contributed by atoms with Gasteiger partial charge in [0, 0.05) is 0 Å². The number of urea groups is 1. The van der Waals surface area contributed by atoms with Crippen LogP contribution in [0.3, 0.4) is 0 Å². The predicted octanol–water partition coefficient (Wildman–Crippen LogP) is 2.36. The minimum Gasteiger partial charge on any atom is -0.331 e. The highest BCUT2D eigenvalue weighted by Crippen LogP contribution is 2.38. The Morgan fingerprint density at radius 3 is 2.61 bits per heavy atom. The molecule has 4 heteroatoms. The van der Waals surface area contributed by atoms with E-state index >= 15 is 0 Å². The van der Waals surface area contributed by atoms with Crippen molar-refractivity contribution in [1.29, 1.82) is 0 Å². The molecule has 1 N–H and O–H groups in total. The number of imide groups is 1. The Bertz CT molecular complexity index is 500. The number of carbonyl (C=O) groups excluding carboxylic acids is 2. The molecule has 18 heavy (non-hydrogen) atoms. The molecule has 1 saturated heterocycles. The molecule has 4 nitrogen and oxygen atoms in total. The Morgan fingerprint density at radius 2 is 2.06 bits per heavy atom. The standard InChI is InChI=1S/C14H16N2O2/c1-10-4-2-5-11(8-10)16-12(17)9-14(6-3-7-14)15-13(16)18/h2,4-5,8H,3,6-7,9H2,1H3,(H,15,18). The zero-order valence-corrected chi connectivity index (χ0v) is 10.4. The number of amides is 3. The van der Waals surface area contributed by atoms with Crippen LogP contribution in [0.25, 0.3) is 0 Å². The summed E-state index contributed by atoms with van der Waals surface area (Å²) in [6.07, 6.45) is 3.36. The van der Waals surface area contributed by atoms with Crippen molar-refractivity contribution in [2.45, 2.75) is 38.1 Å². The van der Waals surface area contributed by atoms with Crippen molar-refractivity contribution >= 4 is 17.6 Å². The van der Waals surface area contributed by atoms with Gasteiger partial charge in [-0.1, -0.05) is 12.1 Å². The average Bonchev–Trinajstić information content (AvgIpc) is 2.26. The summed E-state index contributed by atoms with van der Waals surface area (Å²) in [4.78, 5) is 25.6. The normalized spacial score (nSPS) is 21.7. The maximum Gasteiger partial charge on any atom is 0.329 e. The molecule has 1 aliphatic carbocycles. The molecule has 2 aliphatic rings. The maximum absolute atomic E-state index is 12.2. The van der Waals surface area contributed by atoms with Gasteiger partial charge in [0.1, 0.15) is 0 Å². The second kappa shape index (κ2) is 3.83. The van der Waals surface area contributed by atoms with E-state index in [1.165, 1.54) is 4.90 Å². The van der Waals surface area contributed by atoms with Gasteiger partial charge in [0.15, 0.2) is 0 Å². The van der Waals surface area contributed by atoms with Crippen molar-refractivity contribution in [3.05, 3.63) is 29.8 Å². The molecule has 0 aromatic heterocycles. The van der Waals surface area contributed by atoms with E-state index in [9.17, 15) is 9.59 Å². The van der Waals surface area contributed by atoms with E-state index in [1.54, 1.807) is 6.07 Å². The second-order valence-electron chi connectivity index (χ2n) is 5.31. The van der Waals surface area contributed by atoms with Gasteiger partial charge in [0.2, 0.25) is 5.91 Å². The van der Waals surface area contributed by atoms with Crippen LogP contribution in [-0.4, -0.2) is 17.5 Å². The molecule has 3 rings (SSSR count). The first-order valence-corrected chi connectivity index (χ1v) is 6.31. The summed E-state index contributed by atoms with van der Waals surface area (Å²) in [5, 5.41) is 2.99. The summed E-state index contributed by atoms with van der Waals surface area (Å²) in [5.74, 6) is -0.0935. The number of aryl methyl sites for hydroxylation is 1. The maximum atomic E-state index is 12.2. The molecular weight excluding hydrogens is 228 g/mol. The highest BCUT2D eigenvalue weighted by molar-refractivity contribution is 6.16. The minimum absolute atomic E-state index is 0.0935. The van der Waals surface area contributed by atoms with Gasteiger partial charge < -0.3 is 5.32 Å². The largest absolute Gasteiger partial charge is 0.331 e. The van der Waals surface area contributed by atoms with Crippen molar-refractivity contribution in [3.63, 3.8) is 0 Å². The molecule has 1 aromatic rings. The monoisotopic (exact) mass is 244 g/mol. The van der Waals surface area contributed by atoms with Crippen molar-refractivity contribution in [3.8, 4) is 0 Å². The van der Waals surface area contributed by atoms with Gasteiger partial charge in [-0.15, -0.1) is 0 Å². The van der Waals surface area contributed by atoms with Gasteiger partial charge >= 0.3 is 6.03 Å². The highest BCUT2D eigenvalue weighted by atomic mass is 16.2. The van der Waals surface area contributed by atoms with Gasteiger partial charge in [-0.2, -0.15) is 0 Å². The van der Waals surface area contributed by atoms with E-state index in [1.807, 2.05) is 25.1 Å². The number of benzene rings is 1. The van der Waals surface area contributed by atoms with E-state index in [2.05, 4.69) is 5.32 Å². The number of carbonyl (C=O) groups is 2. The molecule has 94 valence electrons. The third kappa shape index (κ3) is 1.68. The summed E-state index contributed by atoms with van der Waals surface area (Å²) < 4.78 is 0. The zero-order valence-electron chi connectivity index (χ0n) is 10.4. The number of nitrogens with zero attached hydrogens (tertiary/aromatic N) is 1. The Morgan fingerprint density at radius 1 is 1.28 bits per heavy atom. The van der Waals surface area contributed by atoms with Crippen molar-refractivity contribution < 1.29 is 9.59 Å². The van der Waals surface area contributed by atoms with Crippen LogP contribution in [-0.2, 0) is 4.79 Å². The van der Waals surface area contributed by atoms with E-state index in [0.29, 0.717) is 12.1 Å². The first kappa shape index (κ1) is 11.3. The SMILES string of the molecule is Cc1cccc(N2C(=O)CC3(CCC3)NC2=O)c1. The Hall–Kier alpha value is -1.84. The van der Waals surface area contributed by atoms with Crippen LogP contribution < -0.4 is 10.2 Å². The van der Waals surface area contributed by atoms with Crippen molar-refractivity contribution in [2.24, 2.45) is 0 Å². The summed E-state index contributed by atoms with van der Waals surface area (Å²) in [5.41, 5.74) is 1.46. The zero-order chi connectivity index (χ0) is 12.8. The lowest BCUT2D eigenvalue weighted by atomic mass is 9.73. The molecule has 0 radical (unpaired) electrons. The molecule has 1 aromatic carbocycles. The fourth-order valence-electron chi connectivity index (χ4n) is 2.74. The molecular formula is C14H16N2O2. The van der Waals surface area contributed by atoms with Gasteiger partial charge in [0.05, 0.1) is 17.6 Å². The Kier molecular flexibility index (Phi) is 2.40. The minimum atomic E-state index is -0.281. The van der Waals surface area contributed by atoms with Gasteiger partial charge in [-0.3, -0.25) is 4.79 Å². The van der Waals surface area contributed by atoms with Gasteiger partial charge in [-0.05, 0) is 43.9 Å². The molecule has 1 aliphatic heterocycles. The molecule has 1 spiro atoms. The third-order valence-corrected chi connectivity index (χ3v) is 3.88. The van der Waals surface area contributed by atoms with Crippen LogP contribution in [0.15, 0.2) is 24.3 Å². The summed E-state index contributed by atoms with van der Waals surface area (Å²) in [6, 6.07) is 7.18. The van der Waals surface area contributed by atoms with Crippen LogP contribution in [0.5, 0.6) is 0 Å². The quantitative estimate of drug-likeness (QED) is 0.824. The molecule has 2 fully saturated rings. The van der Waals surface area contributed by atoms with Gasteiger partial charge in [0.25, 0.3) is 0 Å². The lowest BCUT2D eigenvalue weighted by Crippen LogP contribution is -2.65. The highest BCUT2D eigenvalue weighted by Gasteiger charge is 2.47. The number of hydrogen-bond acceptors (Lipinski definition) is 2. The second-order valence-corrected chi connectivity index (χ2v) is 5.31. The van der Waals surface area contributed by atoms with Crippen molar-refractivity contribution in [1.82, 2.24) is 5.32 Å². The topological polar surface area (TPSA) is 49.4 Å². The number of hydrogen-bond donors (Lipinski definition) is 1. The average molecular weight is 244 g/mol. The van der Waals surface area contributed by atoms with Crippen molar-refractivity contribution in [2.75, 3.05) is 4.90 Å². The van der Waals surface area contributed by atoms with Crippen LogP contribution in [0, 0.1) is 6.92 Å². The smallest absolute Gasteiger partial charge is 0.329 e. The fourth-order valence-corrected chi connectivity index (χ4v) is 2.74. The molecule has 1 saturated carbocycles. The summed E-state index contributed by atoms with van der Waals surface area (Å²) in [6.45, 7) is 1.95. The summed E-state index contributed by atoms with van der Waals surface area (Å²) >= 11 is 0. The van der Waals surface area contributed by atoms with E-state index in [-0.39, 0.29) is 17.5 Å². The van der Waals surface area contributed by atoms with Crippen LogP contribution in [0.1, 0.15) is 31.2 Å². The molecule has 0 bridgehead atoms. The van der Waals surface area contributed by atoms with E-state index in [0.717, 1.165) is 24.8 Å². The number of nitrogens with one attached hydrogen (secondary N) is 1. The van der Waals surface area contributed by atoms with Crippen LogP contribution in [0.2, 0.25) is 0 Å². The molecule has 0 atom stereocenters. The first-order chi connectivity index (χ1) is 8.60. The predicted molar refractivity (Wildman–Crippen MR) is 68.4 cm³/mol. The number of rotatable bonds is 1. The lowest BCUT2D eigenvalue weighted by Gasteiger charge is -2.47. The molecule has 3 amide bonds. The Labute approximate surface area is 106 Å². The molecule has 0 unspecified atom stereocenters. The van der Waals surface area contributed by atoms with E-state index in [4.69, 9.17) is 0 Å². The number of anilines is 1. The van der Waals surface area contributed by atoms with Crippen LogP contribution >= 0.6 is 0 Å². The fraction of sp³-hybridized carbons (Fsp3) is 0.429. The van der Waals surface area contributed by atoms with E-state index < -0.39 is 0 Å². The third-order valence-electron chi connectivity index (χ3n) is 3.88. The summed E-state index contributed by atoms with van der Waals surface area (Å²) in [7, 11) is 0. The lowest BCUT2D eigenvalue weighted by molar-refractivity contribution is -0.121. The van der Waals surface area contributed by atoms with Crippen LogP contribution in [0.4, 0.5) is 10.5 Å². The Balaban J connectivity index is 1.89. The molecule has 1 heterocycles.